The molecule has 2 heterocycles. The molecular weight excluding hydrogens is 530 g/mol. The van der Waals surface area contributed by atoms with Gasteiger partial charge in [-0.05, 0) is 42.8 Å². The van der Waals surface area contributed by atoms with Crippen LogP contribution in [0.2, 0.25) is 0 Å². The van der Waals surface area contributed by atoms with Crippen LogP contribution in [0.15, 0.2) is 96.4 Å². The van der Waals surface area contributed by atoms with Crippen molar-refractivity contribution in [2.75, 3.05) is 6.61 Å². The molecule has 0 spiro atoms. The predicted molar refractivity (Wildman–Crippen MR) is 147 cm³/mol. The minimum atomic E-state index is -1.08. The van der Waals surface area contributed by atoms with Crippen molar-refractivity contribution in [2.24, 2.45) is 0 Å². The summed E-state index contributed by atoms with van der Waals surface area (Å²) in [5.41, 5.74) is 1.88. The summed E-state index contributed by atoms with van der Waals surface area (Å²) < 4.78 is 23.8. The first kappa shape index (κ1) is 27.2. The first-order chi connectivity index (χ1) is 19.5. The van der Waals surface area contributed by atoms with Gasteiger partial charge in [-0.25, -0.2) is 19.4 Å². The van der Waals surface area contributed by atoms with Crippen LogP contribution >= 0.6 is 11.3 Å². The maximum atomic E-state index is 13.2. The van der Waals surface area contributed by atoms with Gasteiger partial charge in [0.25, 0.3) is 0 Å². The van der Waals surface area contributed by atoms with Crippen molar-refractivity contribution in [1.29, 1.82) is 0 Å². The van der Waals surface area contributed by atoms with Gasteiger partial charge in [0.05, 0.1) is 22.4 Å². The van der Waals surface area contributed by atoms with Crippen LogP contribution in [0.4, 0.5) is 0 Å². The van der Waals surface area contributed by atoms with Crippen molar-refractivity contribution in [2.45, 2.75) is 37.8 Å². The Balaban J connectivity index is 1.46. The topological polar surface area (TPSA) is 101 Å². The Labute approximate surface area is 235 Å². The number of aromatic nitrogens is 1. The van der Waals surface area contributed by atoms with E-state index in [9.17, 15) is 14.4 Å². The molecule has 1 fully saturated rings. The molecule has 204 valence electrons. The Morgan fingerprint density at radius 2 is 1.25 bits per heavy atom. The van der Waals surface area contributed by atoms with E-state index in [0.29, 0.717) is 28.1 Å². The molecule has 1 saturated heterocycles. The number of carbonyl (C=O) groups is 3. The summed E-state index contributed by atoms with van der Waals surface area (Å²) >= 11 is 1.36. The highest BCUT2D eigenvalue weighted by Gasteiger charge is 2.52. The molecule has 4 atom stereocenters. The number of thiazole rings is 1. The molecule has 1 aliphatic heterocycles. The van der Waals surface area contributed by atoms with Gasteiger partial charge in [-0.2, -0.15) is 0 Å². The molecule has 1 aliphatic rings. The van der Waals surface area contributed by atoms with E-state index in [2.05, 4.69) is 4.98 Å². The molecule has 40 heavy (non-hydrogen) atoms. The molecule has 0 N–H and O–H groups in total. The van der Waals surface area contributed by atoms with Gasteiger partial charge < -0.3 is 18.9 Å². The van der Waals surface area contributed by atoms with E-state index in [-0.39, 0.29) is 6.61 Å². The highest BCUT2D eigenvalue weighted by Crippen LogP contribution is 2.39. The number of hydrogen-bond donors (Lipinski definition) is 0. The first-order valence-electron chi connectivity index (χ1n) is 12.9. The van der Waals surface area contributed by atoms with Crippen molar-refractivity contribution < 1.29 is 33.3 Å². The molecule has 0 saturated carbocycles. The molecule has 0 bridgehead atoms. The SMILES string of the molecule is CCc1csc([C@@H]2O[C@H](COC(=O)c3ccccc3)[C@@H](OC(=O)c3ccccc3)[C@H]2OC(=O)c2ccccc2)n1. The molecule has 8 nitrogen and oxygen atoms in total. The number of esters is 3. The molecule has 1 aromatic heterocycles. The summed E-state index contributed by atoms with van der Waals surface area (Å²) in [6.07, 6.45) is -3.18. The van der Waals surface area contributed by atoms with E-state index in [4.69, 9.17) is 18.9 Å². The molecule has 0 radical (unpaired) electrons. The molecule has 9 heteroatoms. The summed E-state index contributed by atoms with van der Waals surface area (Å²) in [5, 5.41) is 2.48. The van der Waals surface area contributed by atoms with E-state index in [1.165, 1.54) is 11.3 Å². The molecular formula is C31H27NO7S. The molecule has 0 unspecified atom stereocenters. The largest absolute Gasteiger partial charge is 0.459 e. The highest BCUT2D eigenvalue weighted by atomic mass is 32.1. The molecule has 0 aliphatic carbocycles. The summed E-state index contributed by atoms with van der Waals surface area (Å²) in [6, 6.07) is 25.5. The molecule has 4 aromatic rings. The second-order valence-corrected chi connectivity index (χ2v) is 9.95. The zero-order valence-corrected chi connectivity index (χ0v) is 22.5. The van der Waals surface area contributed by atoms with Gasteiger partial charge in [-0.15, -0.1) is 11.3 Å². The summed E-state index contributed by atoms with van der Waals surface area (Å²) in [6.45, 7) is 1.75. The van der Waals surface area contributed by atoms with Crippen molar-refractivity contribution in [3.8, 4) is 0 Å². The summed E-state index contributed by atoms with van der Waals surface area (Å²) in [4.78, 5) is 43.7. The van der Waals surface area contributed by atoms with Gasteiger partial charge in [0.15, 0.2) is 18.3 Å². The van der Waals surface area contributed by atoms with Crippen LogP contribution < -0.4 is 0 Å². The zero-order chi connectivity index (χ0) is 27.9. The number of nitrogens with zero attached hydrogens (tertiary/aromatic N) is 1. The van der Waals surface area contributed by atoms with Gasteiger partial charge in [-0.1, -0.05) is 61.5 Å². The van der Waals surface area contributed by atoms with Gasteiger partial charge in [0.2, 0.25) is 0 Å². The average Bonchev–Trinajstić information content (AvgIpc) is 3.62. The lowest BCUT2D eigenvalue weighted by molar-refractivity contribution is -0.0450. The first-order valence-corrected chi connectivity index (χ1v) is 13.8. The van der Waals surface area contributed by atoms with E-state index in [0.717, 1.165) is 5.69 Å². The second kappa shape index (κ2) is 12.7. The number of hydrogen-bond acceptors (Lipinski definition) is 9. The third kappa shape index (κ3) is 6.27. The molecule has 0 amide bonds. The minimum Gasteiger partial charge on any atom is -0.459 e. The summed E-state index contributed by atoms with van der Waals surface area (Å²) in [7, 11) is 0. The average molecular weight is 558 g/mol. The molecule has 3 aromatic carbocycles. The van der Waals surface area contributed by atoms with Crippen LogP contribution in [-0.2, 0) is 25.4 Å². The van der Waals surface area contributed by atoms with Crippen molar-refractivity contribution in [1.82, 2.24) is 4.98 Å². The van der Waals surface area contributed by atoms with Crippen molar-refractivity contribution >= 4 is 29.2 Å². The Kier molecular flexibility index (Phi) is 8.63. The van der Waals surface area contributed by atoms with E-state index < -0.39 is 42.3 Å². The van der Waals surface area contributed by atoms with Crippen LogP contribution in [0, 0.1) is 0 Å². The number of aryl methyl sites for hydroxylation is 1. The fraction of sp³-hybridized carbons (Fsp3) is 0.226. The van der Waals surface area contributed by atoms with Gasteiger partial charge in [0.1, 0.15) is 17.7 Å². The fourth-order valence-corrected chi connectivity index (χ4v) is 5.26. The predicted octanol–water partition coefficient (Wildman–Crippen LogP) is 5.45. The van der Waals surface area contributed by atoms with Crippen LogP contribution in [0.25, 0.3) is 0 Å². The Bertz CT molecular complexity index is 1440. The second-order valence-electron chi connectivity index (χ2n) is 9.06. The normalized spacial score (nSPS) is 20.0. The zero-order valence-electron chi connectivity index (χ0n) is 21.7. The van der Waals surface area contributed by atoms with Crippen molar-refractivity contribution in [3.05, 3.63) is 124 Å². The Morgan fingerprint density at radius 3 is 1.75 bits per heavy atom. The van der Waals surface area contributed by atoms with E-state index in [1.807, 2.05) is 12.3 Å². The van der Waals surface area contributed by atoms with Crippen LogP contribution in [0.3, 0.4) is 0 Å². The third-order valence-corrected chi connectivity index (χ3v) is 7.33. The smallest absolute Gasteiger partial charge is 0.338 e. The quantitative estimate of drug-likeness (QED) is 0.198. The Hall–Kier alpha value is -4.34. The fourth-order valence-electron chi connectivity index (χ4n) is 4.29. The maximum absolute atomic E-state index is 13.2. The van der Waals surface area contributed by atoms with Crippen LogP contribution in [0.1, 0.15) is 54.8 Å². The van der Waals surface area contributed by atoms with Gasteiger partial charge in [-0.3, -0.25) is 0 Å². The third-order valence-electron chi connectivity index (χ3n) is 6.38. The summed E-state index contributed by atoms with van der Waals surface area (Å²) in [5.74, 6) is -1.78. The van der Waals surface area contributed by atoms with Gasteiger partial charge >= 0.3 is 17.9 Å². The van der Waals surface area contributed by atoms with E-state index >= 15 is 0 Å². The minimum absolute atomic E-state index is 0.234. The van der Waals surface area contributed by atoms with E-state index in [1.54, 1.807) is 91.0 Å². The number of benzene rings is 3. The van der Waals surface area contributed by atoms with Gasteiger partial charge in [0, 0.05) is 5.38 Å². The monoisotopic (exact) mass is 557 g/mol. The van der Waals surface area contributed by atoms with Crippen molar-refractivity contribution in [3.63, 3.8) is 0 Å². The number of rotatable bonds is 9. The number of ether oxygens (including phenoxy) is 4. The lowest BCUT2D eigenvalue weighted by atomic mass is 10.1. The highest BCUT2D eigenvalue weighted by molar-refractivity contribution is 7.09. The molecule has 5 rings (SSSR count). The lowest BCUT2D eigenvalue weighted by Gasteiger charge is -2.24. The Morgan fingerprint density at radius 1 is 0.750 bits per heavy atom. The number of carbonyl (C=O) groups excluding carboxylic acids is 3. The maximum Gasteiger partial charge on any atom is 0.338 e. The van der Waals surface area contributed by atoms with Crippen LogP contribution in [-0.4, -0.2) is 47.8 Å². The van der Waals surface area contributed by atoms with Crippen LogP contribution in [0.5, 0.6) is 0 Å². The lowest BCUT2D eigenvalue weighted by Crippen LogP contribution is -2.40. The standard InChI is InChI=1S/C31H27NO7S/c1-2-23-19-40-28(32-23)27-26(39-31(35)22-16-10-5-11-17-22)25(38-30(34)21-14-8-4-9-15-21)24(37-27)18-36-29(33)20-12-6-3-7-13-20/h3-17,19,24-27H,2,18H2,1H3/t24-,25-,26-,27-/m1/s1.